The molecule has 0 saturated carbocycles. The molecule has 0 saturated heterocycles. The van der Waals surface area contributed by atoms with E-state index in [1.54, 1.807) is 0 Å². The predicted molar refractivity (Wildman–Crippen MR) is 21.6 cm³/mol. The quantitative estimate of drug-likeness (QED) is 0.358. The predicted octanol–water partition coefficient (Wildman–Crippen LogP) is -6.61. The molecule has 0 fully saturated rings. The molecule has 6 heavy (non-hydrogen) atoms. The van der Waals surface area contributed by atoms with Gasteiger partial charge in [0.2, 0.25) is 0 Å². The molecule has 6 heteroatoms. The average Bonchev–Trinajstić information content (AvgIpc) is 0. The Bertz CT molecular complexity index is 10.8. The van der Waals surface area contributed by atoms with Crippen LogP contribution in [0.3, 0.4) is 0 Å². The first-order valence-electron chi connectivity index (χ1n) is 0. The zero-order valence-electron chi connectivity index (χ0n) is 3.08. The molecule has 0 bridgehead atoms. The fourth-order valence-electron chi connectivity index (χ4n) is 0. The van der Waals surface area contributed by atoms with Gasteiger partial charge in [-0.1, -0.05) is 0 Å². The molecular formula is H6Cl3MgNO. The maximum atomic E-state index is 0. The van der Waals surface area contributed by atoms with E-state index in [1.165, 1.54) is 0 Å². The molecule has 40 valence electrons. The smallest absolute Gasteiger partial charge is 1.00 e. The molecule has 0 aliphatic carbocycles. The van der Waals surface area contributed by atoms with Crippen LogP contribution < -0.4 is 31.0 Å². The Morgan fingerprint density at radius 1 is 0.833 bits per heavy atom. The second-order valence-corrected chi connectivity index (χ2v) is 0. The maximum absolute atomic E-state index is 0. The van der Waals surface area contributed by atoms with E-state index in [9.17, 15) is 0 Å². The molecule has 0 amide bonds. The van der Waals surface area contributed by atoms with E-state index in [-0.39, 0.29) is 71.9 Å². The molecule has 5 N–H and O–H groups in total. The van der Waals surface area contributed by atoms with Crippen molar-refractivity contribution >= 4 is 35.5 Å². The van der Waals surface area contributed by atoms with Crippen molar-refractivity contribution in [3.63, 3.8) is 0 Å². The topological polar surface area (TPSA) is 66.5 Å². The molecule has 0 rings (SSSR count). The van der Waals surface area contributed by atoms with Crippen LogP contribution in [0.2, 0.25) is 0 Å². The zero-order chi connectivity index (χ0) is 0. The normalized spacial score (nSPS) is 0. The van der Waals surface area contributed by atoms with Crippen LogP contribution in [0.1, 0.15) is 0 Å². The standard InChI is InChI=1S/3ClH.Mg.H3N.H2O/h3*1H;;1H3;1H2/q;;;+2;;/p-2. The summed E-state index contributed by atoms with van der Waals surface area (Å²) in [4.78, 5) is 0. The molecule has 0 unspecified atom stereocenters. The molecule has 0 aromatic heterocycles. The summed E-state index contributed by atoms with van der Waals surface area (Å²) < 4.78 is 0. The fraction of sp³-hybridized carbons (Fsp3) is 0. The maximum Gasteiger partial charge on any atom is 2.00 e. The molecule has 0 aromatic carbocycles. The van der Waals surface area contributed by atoms with Gasteiger partial charge in [0, 0.05) is 0 Å². The van der Waals surface area contributed by atoms with E-state index in [2.05, 4.69) is 0 Å². The van der Waals surface area contributed by atoms with Gasteiger partial charge in [0.1, 0.15) is 0 Å². The van der Waals surface area contributed by atoms with Crippen molar-refractivity contribution in [2.24, 2.45) is 0 Å². The van der Waals surface area contributed by atoms with Crippen LogP contribution in [0.5, 0.6) is 0 Å². The van der Waals surface area contributed by atoms with Gasteiger partial charge in [-0.2, -0.15) is 0 Å². The van der Waals surface area contributed by atoms with Gasteiger partial charge < -0.3 is 36.4 Å². The molecule has 0 radical (unpaired) electrons. The Balaban J connectivity index is 0. The fourth-order valence-corrected chi connectivity index (χ4v) is 0. The van der Waals surface area contributed by atoms with Gasteiger partial charge in [0.25, 0.3) is 0 Å². The van der Waals surface area contributed by atoms with Crippen LogP contribution >= 0.6 is 12.4 Å². The van der Waals surface area contributed by atoms with Crippen molar-refractivity contribution < 1.29 is 30.3 Å². The van der Waals surface area contributed by atoms with Crippen LogP contribution in [0.4, 0.5) is 0 Å². The van der Waals surface area contributed by atoms with Crippen LogP contribution in [-0.4, -0.2) is 28.5 Å². The Kier molecular flexibility index (Phi) is 1870. The number of hydrogen-bond donors (Lipinski definition) is 1. The third-order valence-corrected chi connectivity index (χ3v) is 0. The van der Waals surface area contributed by atoms with Crippen LogP contribution in [0.25, 0.3) is 0 Å². The van der Waals surface area contributed by atoms with E-state index >= 15 is 0 Å². The van der Waals surface area contributed by atoms with Gasteiger partial charge in [-0.3, -0.25) is 0 Å². The summed E-state index contributed by atoms with van der Waals surface area (Å²) in [5, 5.41) is 0. The van der Waals surface area contributed by atoms with Crippen LogP contribution in [-0.2, 0) is 0 Å². The van der Waals surface area contributed by atoms with E-state index < -0.39 is 0 Å². The first kappa shape index (κ1) is 134. The van der Waals surface area contributed by atoms with E-state index in [1.807, 2.05) is 0 Å². The number of rotatable bonds is 0. The summed E-state index contributed by atoms with van der Waals surface area (Å²) in [6, 6.07) is 0. The second-order valence-electron chi connectivity index (χ2n) is 0. The summed E-state index contributed by atoms with van der Waals surface area (Å²) in [5.41, 5.74) is 0. The molecule has 0 aromatic rings. The monoisotopic (exact) mass is 165 g/mol. The first-order valence-corrected chi connectivity index (χ1v) is 0. The van der Waals surface area contributed by atoms with Gasteiger partial charge in [-0.15, -0.1) is 12.4 Å². The van der Waals surface area contributed by atoms with E-state index in [4.69, 9.17) is 0 Å². The van der Waals surface area contributed by atoms with Crippen molar-refractivity contribution in [2.45, 2.75) is 0 Å². The molecule has 0 atom stereocenters. The Labute approximate surface area is 71.7 Å². The molecule has 0 heterocycles. The minimum atomic E-state index is 0. The SMILES string of the molecule is Cl.N.O.[Cl-].[Cl-].[Mg+2]. The zero-order valence-corrected chi connectivity index (χ0v) is 6.82. The Hall–Kier alpha value is 1.56. The van der Waals surface area contributed by atoms with Gasteiger partial charge >= 0.3 is 23.1 Å². The molecule has 0 aliphatic heterocycles. The van der Waals surface area contributed by atoms with Gasteiger partial charge in [0.15, 0.2) is 0 Å². The summed E-state index contributed by atoms with van der Waals surface area (Å²) in [7, 11) is 0. The molecule has 0 spiro atoms. The van der Waals surface area contributed by atoms with Crippen molar-refractivity contribution in [1.29, 1.82) is 0 Å². The van der Waals surface area contributed by atoms with Crippen LogP contribution in [0.15, 0.2) is 0 Å². The summed E-state index contributed by atoms with van der Waals surface area (Å²) in [6.07, 6.45) is 0. The summed E-state index contributed by atoms with van der Waals surface area (Å²) in [5.74, 6) is 0. The third-order valence-electron chi connectivity index (χ3n) is 0. The van der Waals surface area contributed by atoms with Crippen molar-refractivity contribution in [2.75, 3.05) is 0 Å². The minimum Gasteiger partial charge on any atom is -1.00 e. The Morgan fingerprint density at radius 2 is 0.833 bits per heavy atom. The first-order chi connectivity index (χ1) is 0. The van der Waals surface area contributed by atoms with E-state index in [0.717, 1.165) is 0 Å². The number of halogens is 3. The third kappa shape index (κ3) is 47.6. The molecule has 0 aliphatic rings. The summed E-state index contributed by atoms with van der Waals surface area (Å²) >= 11 is 0. The minimum absolute atomic E-state index is 0. The second kappa shape index (κ2) is 83.6. The van der Waals surface area contributed by atoms with Gasteiger partial charge in [0.05, 0.1) is 0 Å². The van der Waals surface area contributed by atoms with Gasteiger partial charge in [-0.05, 0) is 0 Å². The van der Waals surface area contributed by atoms with Gasteiger partial charge in [-0.25, -0.2) is 0 Å². The average molecular weight is 167 g/mol. The molecular weight excluding hydrogens is 161 g/mol. The van der Waals surface area contributed by atoms with Crippen LogP contribution in [0, 0.1) is 0 Å². The molecule has 2 nitrogen and oxygen atoms in total. The summed E-state index contributed by atoms with van der Waals surface area (Å²) in [6.45, 7) is 0. The van der Waals surface area contributed by atoms with E-state index in [0.29, 0.717) is 0 Å². The Morgan fingerprint density at radius 3 is 0.833 bits per heavy atom. The van der Waals surface area contributed by atoms with Crippen molar-refractivity contribution in [1.82, 2.24) is 6.15 Å². The van der Waals surface area contributed by atoms with Crippen molar-refractivity contribution in [3.05, 3.63) is 0 Å². The number of hydrogen-bond acceptors (Lipinski definition) is 1. The van der Waals surface area contributed by atoms with Crippen molar-refractivity contribution in [3.8, 4) is 0 Å². The largest absolute Gasteiger partial charge is 2.00 e.